The lowest BCUT2D eigenvalue weighted by Gasteiger charge is -2.29. The summed E-state index contributed by atoms with van der Waals surface area (Å²) < 4.78 is 0. The fourth-order valence-corrected chi connectivity index (χ4v) is 4.60. The maximum atomic E-state index is 10.0. The number of hydrogen-bond donors (Lipinski definition) is 0. The Hall–Kier alpha value is -1.24. The third-order valence-electron chi connectivity index (χ3n) is 5.41. The Morgan fingerprint density at radius 2 is 1.29 bits per heavy atom. The van der Waals surface area contributed by atoms with E-state index in [4.69, 9.17) is 0 Å². The summed E-state index contributed by atoms with van der Waals surface area (Å²) in [5.41, 5.74) is 0. The van der Waals surface area contributed by atoms with Gasteiger partial charge in [-0.2, -0.15) is 0 Å². The van der Waals surface area contributed by atoms with Crippen LogP contribution in [-0.4, -0.2) is 25.2 Å². The highest BCUT2D eigenvalue weighted by atomic mass is 16.1. The second-order valence-electron chi connectivity index (χ2n) is 6.69. The lowest BCUT2D eigenvalue weighted by Crippen LogP contribution is -2.20. The number of hydrogen-bond acceptors (Lipinski definition) is 4. The molecule has 0 aromatic carbocycles. The Bertz CT molecular complexity index is 375. The summed E-state index contributed by atoms with van der Waals surface area (Å²) in [6.45, 7) is 1.29. The van der Waals surface area contributed by atoms with Gasteiger partial charge in [0, 0.05) is 0 Å². The van der Waals surface area contributed by atoms with Gasteiger partial charge in [0.1, 0.15) is 0 Å². The SMILES string of the molecule is O=C=NCCCCC1CC2CC(CCCCN=C=O)C1C2. The Labute approximate surface area is 127 Å². The van der Waals surface area contributed by atoms with Gasteiger partial charge in [0.05, 0.1) is 13.1 Å². The molecule has 4 nitrogen and oxygen atoms in total. The number of isocyanates is 2. The predicted molar refractivity (Wildman–Crippen MR) is 81.5 cm³/mol. The molecule has 2 saturated carbocycles. The molecule has 2 rings (SSSR count). The first-order valence-corrected chi connectivity index (χ1v) is 8.42. The van der Waals surface area contributed by atoms with E-state index in [0.29, 0.717) is 13.1 Å². The van der Waals surface area contributed by atoms with Crippen molar-refractivity contribution in [1.82, 2.24) is 0 Å². The third kappa shape index (κ3) is 4.91. The van der Waals surface area contributed by atoms with Crippen LogP contribution in [0.15, 0.2) is 9.98 Å². The molecule has 0 saturated heterocycles. The fourth-order valence-electron chi connectivity index (χ4n) is 4.60. The monoisotopic (exact) mass is 290 g/mol. The minimum Gasteiger partial charge on any atom is -0.211 e. The second-order valence-corrected chi connectivity index (χ2v) is 6.69. The van der Waals surface area contributed by atoms with E-state index in [-0.39, 0.29) is 0 Å². The van der Waals surface area contributed by atoms with Crippen molar-refractivity contribution in [2.75, 3.05) is 13.1 Å². The Kier molecular flexibility index (Phi) is 6.85. The smallest absolute Gasteiger partial charge is 0.211 e. The lowest BCUT2D eigenvalue weighted by atomic mass is 9.76. The van der Waals surface area contributed by atoms with Crippen molar-refractivity contribution in [3.63, 3.8) is 0 Å². The van der Waals surface area contributed by atoms with E-state index in [1.165, 1.54) is 44.9 Å². The van der Waals surface area contributed by atoms with Crippen LogP contribution in [0.1, 0.15) is 57.8 Å². The van der Waals surface area contributed by atoms with Gasteiger partial charge < -0.3 is 0 Å². The summed E-state index contributed by atoms with van der Waals surface area (Å²) in [6.07, 6.45) is 14.6. The summed E-state index contributed by atoms with van der Waals surface area (Å²) in [7, 11) is 0. The summed E-state index contributed by atoms with van der Waals surface area (Å²) in [5, 5.41) is 0. The van der Waals surface area contributed by atoms with Gasteiger partial charge in [-0.05, 0) is 55.8 Å². The molecule has 0 heterocycles. The van der Waals surface area contributed by atoms with Crippen LogP contribution in [-0.2, 0) is 9.59 Å². The first-order chi connectivity index (χ1) is 10.3. The zero-order valence-electron chi connectivity index (χ0n) is 12.8. The van der Waals surface area contributed by atoms with Gasteiger partial charge >= 0.3 is 0 Å². The minimum atomic E-state index is 0.644. The molecule has 4 heteroatoms. The van der Waals surface area contributed by atoms with E-state index in [1.54, 1.807) is 12.2 Å². The standard InChI is InChI=1S/C17H26N2O2/c20-12-18-7-3-1-5-15-9-14-10-16(17(15)11-14)6-2-4-8-19-13-21/h14-17H,1-11H2. The van der Waals surface area contributed by atoms with Gasteiger partial charge in [0.25, 0.3) is 0 Å². The number of rotatable bonds is 10. The molecule has 0 radical (unpaired) electrons. The van der Waals surface area contributed by atoms with Crippen molar-refractivity contribution < 1.29 is 9.59 Å². The van der Waals surface area contributed by atoms with Gasteiger partial charge in [0.2, 0.25) is 12.2 Å². The Morgan fingerprint density at radius 3 is 1.71 bits per heavy atom. The first-order valence-electron chi connectivity index (χ1n) is 8.42. The predicted octanol–water partition coefficient (Wildman–Crippen LogP) is 3.66. The van der Waals surface area contributed by atoms with Crippen LogP contribution < -0.4 is 0 Å². The number of aliphatic imine (C=N–C) groups is 2. The van der Waals surface area contributed by atoms with Gasteiger partial charge in [-0.15, -0.1) is 0 Å². The van der Waals surface area contributed by atoms with Crippen molar-refractivity contribution in [2.24, 2.45) is 33.7 Å². The molecule has 0 aliphatic heterocycles. The molecule has 21 heavy (non-hydrogen) atoms. The topological polar surface area (TPSA) is 58.9 Å². The van der Waals surface area contributed by atoms with E-state index in [0.717, 1.165) is 36.5 Å². The van der Waals surface area contributed by atoms with Crippen molar-refractivity contribution in [1.29, 1.82) is 0 Å². The fraction of sp³-hybridized carbons (Fsp3) is 0.882. The number of unbranched alkanes of at least 4 members (excludes halogenated alkanes) is 2. The zero-order chi connectivity index (χ0) is 14.9. The highest BCUT2D eigenvalue weighted by Crippen LogP contribution is 2.54. The molecule has 2 bridgehead atoms. The number of carbonyl (C=O) groups excluding carboxylic acids is 2. The molecule has 2 unspecified atom stereocenters. The third-order valence-corrected chi connectivity index (χ3v) is 5.41. The van der Waals surface area contributed by atoms with E-state index in [1.807, 2.05) is 0 Å². The summed E-state index contributed by atoms with van der Waals surface area (Å²) in [6, 6.07) is 0. The molecule has 116 valence electrons. The summed E-state index contributed by atoms with van der Waals surface area (Å²) in [5.74, 6) is 3.70. The van der Waals surface area contributed by atoms with Crippen LogP contribution in [0.25, 0.3) is 0 Å². The molecule has 2 fully saturated rings. The van der Waals surface area contributed by atoms with E-state index in [2.05, 4.69) is 9.98 Å². The average Bonchev–Trinajstić information content (AvgIpc) is 3.06. The average molecular weight is 290 g/mol. The molecule has 0 amide bonds. The highest BCUT2D eigenvalue weighted by molar-refractivity contribution is 5.32. The van der Waals surface area contributed by atoms with Gasteiger partial charge in [-0.25, -0.2) is 19.6 Å². The van der Waals surface area contributed by atoms with Crippen LogP contribution in [0.4, 0.5) is 0 Å². The largest absolute Gasteiger partial charge is 0.234 e. The molecule has 0 aromatic heterocycles. The van der Waals surface area contributed by atoms with Gasteiger partial charge in [-0.1, -0.05) is 25.7 Å². The highest BCUT2D eigenvalue weighted by Gasteiger charge is 2.44. The molecular formula is C17H26N2O2. The van der Waals surface area contributed by atoms with Crippen molar-refractivity contribution in [3.8, 4) is 0 Å². The first kappa shape index (κ1) is 16.1. The van der Waals surface area contributed by atoms with E-state index >= 15 is 0 Å². The molecule has 0 N–H and O–H groups in total. The Morgan fingerprint density at radius 1 is 0.762 bits per heavy atom. The van der Waals surface area contributed by atoms with Crippen LogP contribution in [0.2, 0.25) is 0 Å². The Balaban J connectivity index is 1.64. The van der Waals surface area contributed by atoms with E-state index in [9.17, 15) is 9.59 Å². The normalized spacial score (nSPS) is 29.9. The molecule has 0 spiro atoms. The quantitative estimate of drug-likeness (QED) is 0.350. The second kappa shape index (κ2) is 8.92. The van der Waals surface area contributed by atoms with Gasteiger partial charge in [-0.3, -0.25) is 0 Å². The summed E-state index contributed by atoms with van der Waals surface area (Å²) >= 11 is 0. The van der Waals surface area contributed by atoms with Crippen LogP contribution >= 0.6 is 0 Å². The molecule has 2 aliphatic carbocycles. The van der Waals surface area contributed by atoms with Crippen LogP contribution in [0.5, 0.6) is 0 Å². The summed E-state index contributed by atoms with van der Waals surface area (Å²) in [4.78, 5) is 27.3. The zero-order valence-corrected chi connectivity index (χ0v) is 12.8. The number of fused-ring (bicyclic) bond motifs is 2. The minimum absolute atomic E-state index is 0.644. The lowest BCUT2D eigenvalue weighted by molar-refractivity contribution is 0.209. The molecule has 2 aliphatic rings. The maximum Gasteiger partial charge on any atom is 0.234 e. The van der Waals surface area contributed by atoms with Crippen molar-refractivity contribution in [2.45, 2.75) is 57.8 Å². The van der Waals surface area contributed by atoms with Gasteiger partial charge in [0.15, 0.2) is 0 Å². The van der Waals surface area contributed by atoms with Crippen molar-refractivity contribution >= 4 is 12.2 Å². The number of nitrogens with zero attached hydrogens (tertiary/aromatic N) is 2. The van der Waals surface area contributed by atoms with Crippen molar-refractivity contribution in [3.05, 3.63) is 0 Å². The molecular weight excluding hydrogens is 264 g/mol. The molecule has 0 aromatic rings. The molecule has 2 atom stereocenters. The van der Waals surface area contributed by atoms with Crippen LogP contribution in [0.3, 0.4) is 0 Å². The van der Waals surface area contributed by atoms with E-state index < -0.39 is 0 Å². The maximum absolute atomic E-state index is 10.0. The van der Waals surface area contributed by atoms with Crippen LogP contribution in [0, 0.1) is 23.7 Å².